The number of hydrogen-bond acceptors (Lipinski definition) is 4. The molecule has 0 amide bonds. The summed E-state index contributed by atoms with van der Waals surface area (Å²) in [4.78, 5) is 2.36. The number of anilines is 1. The number of rotatable bonds is 4. The second kappa shape index (κ2) is 8.23. The normalized spacial score (nSPS) is 20.3. The van der Waals surface area contributed by atoms with Crippen LogP contribution in [0.5, 0.6) is 0 Å². The fourth-order valence-corrected chi connectivity index (χ4v) is 5.25. The highest BCUT2D eigenvalue weighted by Crippen LogP contribution is 2.45. The Morgan fingerprint density at radius 2 is 1.65 bits per heavy atom. The summed E-state index contributed by atoms with van der Waals surface area (Å²) in [6.45, 7) is 4.63. The molecule has 0 spiro atoms. The van der Waals surface area contributed by atoms with E-state index in [0.29, 0.717) is 13.2 Å². The minimum absolute atomic E-state index is 0.187. The molecule has 0 aromatic heterocycles. The van der Waals surface area contributed by atoms with Gasteiger partial charge < -0.3 is 19.5 Å². The topological polar surface area (TPSA) is 41.9 Å². The molecular formula is C26H28FNO3. The van der Waals surface area contributed by atoms with E-state index in [-0.39, 0.29) is 11.7 Å². The number of hydrogen-bond donors (Lipinski definition) is 1. The number of benzene rings is 3. The number of aliphatic hydroxyl groups is 1. The molecule has 1 unspecified atom stereocenters. The number of fused-ring (bicyclic) bond motifs is 1. The summed E-state index contributed by atoms with van der Waals surface area (Å²) in [6.07, 6.45) is 1.23. The molecule has 0 aliphatic carbocycles. The molecule has 2 aliphatic heterocycles. The predicted octanol–water partition coefficient (Wildman–Crippen LogP) is 5.15. The van der Waals surface area contributed by atoms with Crippen molar-refractivity contribution in [1.82, 2.24) is 0 Å². The molecule has 0 saturated carbocycles. The number of nitrogens with zero attached hydrogens (tertiary/aromatic N) is 1. The van der Waals surface area contributed by atoms with Gasteiger partial charge in [0.1, 0.15) is 5.82 Å². The van der Waals surface area contributed by atoms with Crippen LogP contribution in [0.4, 0.5) is 10.1 Å². The van der Waals surface area contributed by atoms with Gasteiger partial charge in [0.25, 0.3) is 0 Å². The Morgan fingerprint density at radius 1 is 0.968 bits per heavy atom. The third-order valence-corrected chi connectivity index (χ3v) is 6.70. The van der Waals surface area contributed by atoms with Gasteiger partial charge in [-0.25, -0.2) is 4.39 Å². The Kier molecular flexibility index (Phi) is 5.42. The molecule has 3 aromatic rings. The second-order valence-corrected chi connectivity index (χ2v) is 8.53. The standard InChI is InChI=1S/C26H28FNO3/c1-18(29)25-23-5-3-2-4-19(23)6-11-24(25)28-14-12-21(13-15-28)26(30-16-17-31-26)20-7-9-22(27)10-8-20/h2-11,18,21,29H,12-17H2,1H3. The van der Waals surface area contributed by atoms with E-state index in [4.69, 9.17) is 9.47 Å². The van der Waals surface area contributed by atoms with Crippen molar-refractivity contribution in [2.75, 3.05) is 31.2 Å². The molecule has 2 aliphatic rings. The zero-order valence-corrected chi connectivity index (χ0v) is 17.8. The van der Waals surface area contributed by atoms with Gasteiger partial charge in [0.2, 0.25) is 0 Å². The Labute approximate surface area is 182 Å². The van der Waals surface area contributed by atoms with Crippen molar-refractivity contribution < 1.29 is 19.0 Å². The largest absolute Gasteiger partial charge is 0.389 e. The summed E-state index contributed by atoms with van der Waals surface area (Å²) >= 11 is 0. The van der Waals surface area contributed by atoms with Crippen LogP contribution in [0.1, 0.15) is 37.0 Å². The van der Waals surface area contributed by atoms with Crippen LogP contribution in [0.2, 0.25) is 0 Å². The van der Waals surface area contributed by atoms with Crippen molar-refractivity contribution in [1.29, 1.82) is 0 Å². The molecular weight excluding hydrogens is 393 g/mol. The third-order valence-electron chi connectivity index (χ3n) is 6.70. The molecule has 2 fully saturated rings. The first-order chi connectivity index (χ1) is 15.1. The molecule has 2 saturated heterocycles. The quantitative estimate of drug-likeness (QED) is 0.633. The van der Waals surface area contributed by atoms with Gasteiger partial charge >= 0.3 is 0 Å². The maximum absolute atomic E-state index is 13.5. The monoisotopic (exact) mass is 421 g/mol. The van der Waals surface area contributed by atoms with Crippen LogP contribution in [0.15, 0.2) is 60.7 Å². The van der Waals surface area contributed by atoms with Crippen molar-refractivity contribution in [3.63, 3.8) is 0 Å². The van der Waals surface area contributed by atoms with Crippen LogP contribution < -0.4 is 4.90 Å². The van der Waals surface area contributed by atoms with E-state index in [2.05, 4.69) is 29.2 Å². The van der Waals surface area contributed by atoms with Gasteiger partial charge in [-0.15, -0.1) is 0 Å². The van der Waals surface area contributed by atoms with Gasteiger partial charge in [0, 0.05) is 35.8 Å². The molecule has 4 nitrogen and oxygen atoms in total. The van der Waals surface area contributed by atoms with Crippen molar-refractivity contribution in [3.05, 3.63) is 77.6 Å². The summed E-state index contributed by atoms with van der Waals surface area (Å²) in [5, 5.41) is 12.8. The molecule has 5 rings (SSSR count). The van der Waals surface area contributed by atoms with Crippen LogP contribution in [0.3, 0.4) is 0 Å². The van der Waals surface area contributed by atoms with E-state index >= 15 is 0 Å². The first-order valence-corrected chi connectivity index (χ1v) is 11.1. The number of aliphatic hydroxyl groups excluding tert-OH is 1. The summed E-state index contributed by atoms with van der Waals surface area (Å²) < 4.78 is 25.8. The van der Waals surface area contributed by atoms with Gasteiger partial charge in [-0.2, -0.15) is 0 Å². The maximum atomic E-state index is 13.5. The van der Waals surface area contributed by atoms with E-state index < -0.39 is 11.9 Å². The van der Waals surface area contributed by atoms with Crippen LogP contribution in [-0.2, 0) is 15.3 Å². The van der Waals surface area contributed by atoms with E-state index in [1.54, 1.807) is 12.1 Å². The maximum Gasteiger partial charge on any atom is 0.197 e. The highest BCUT2D eigenvalue weighted by atomic mass is 19.1. The number of halogens is 1. The van der Waals surface area contributed by atoms with Gasteiger partial charge in [-0.05, 0) is 48.7 Å². The van der Waals surface area contributed by atoms with Gasteiger partial charge in [0.15, 0.2) is 5.79 Å². The molecule has 1 atom stereocenters. The molecule has 0 bridgehead atoms. The van der Waals surface area contributed by atoms with Crippen molar-refractivity contribution in [2.24, 2.45) is 5.92 Å². The van der Waals surface area contributed by atoms with E-state index in [0.717, 1.165) is 53.5 Å². The predicted molar refractivity (Wildman–Crippen MR) is 120 cm³/mol. The minimum Gasteiger partial charge on any atom is -0.389 e. The molecule has 5 heteroatoms. The average Bonchev–Trinajstić information content (AvgIpc) is 3.30. The summed E-state index contributed by atoms with van der Waals surface area (Å²) in [6, 6.07) is 19.0. The molecule has 0 radical (unpaired) electrons. The molecule has 2 heterocycles. The fraction of sp³-hybridized carbons (Fsp3) is 0.385. The third kappa shape index (κ3) is 3.61. The highest BCUT2D eigenvalue weighted by Gasteiger charge is 2.47. The SMILES string of the molecule is CC(O)c1c(N2CCC(C3(c4ccc(F)cc4)OCCO3)CC2)ccc2ccccc12. The Morgan fingerprint density at radius 3 is 2.32 bits per heavy atom. The van der Waals surface area contributed by atoms with Crippen molar-refractivity contribution >= 4 is 16.5 Å². The van der Waals surface area contributed by atoms with Crippen molar-refractivity contribution in [2.45, 2.75) is 31.7 Å². The zero-order chi connectivity index (χ0) is 21.4. The smallest absolute Gasteiger partial charge is 0.197 e. The first kappa shape index (κ1) is 20.4. The lowest BCUT2D eigenvalue weighted by atomic mass is 9.83. The second-order valence-electron chi connectivity index (χ2n) is 8.53. The Bertz CT molecular complexity index is 1050. The lowest BCUT2D eigenvalue weighted by molar-refractivity contribution is -0.209. The van der Waals surface area contributed by atoms with Gasteiger partial charge in [0.05, 0.1) is 19.3 Å². The van der Waals surface area contributed by atoms with Crippen molar-refractivity contribution in [3.8, 4) is 0 Å². The van der Waals surface area contributed by atoms with E-state index in [9.17, 15) is 9.50 Å². The number of ether oxygens (including phenoxy) is 2. The lowest BCUT2D eigenvalue weighted by Crippen LogP contribution is -2.44. The summed E-state index contributed by atoms with van der Waals surface area (Å²) in [7, 11) is 0. The van der Waals surface area contributed by atoms with Crippen LogP contribution in [0, 0.1) is 11.7 Å². The average molecular weight is 422 g/mol. The zero-order valence-electron chi connectivity index (χ0n) is 17.8. The van der Waals surface area contributed by atoms with Gasteiger partial charge in [-0.1, -0.05) is 42.5 Å². The molecule has 1 N–H and O–H groups in total. The Balaban J connectivity index is 1.41. The highest BCUT2D eigenvalue weighted by molar-refractivity contribution is 5.90. The van der Waals surface area contributed by atoms with E-state index in [1.807, 2.05) is 19.1 Å². The van der Waals surface area contributed by atoms with Gasteiger partial charge in [-0.3, -0.25) is 0 Å². The lowest BCUT2D eigenvalue weighted by Gasteiger charge is -2.42. The Hall–Kier alpha value is -2.47. The van der Waals surface area contributed by atoms with Crippen LogP contribution in [0.25, 0.3) is 10.8 Å². The fourth-order valence-electron chi connectivity index (χ4n) is 5.25. The molecule has 3 aromatic carbocycles. The number of piperidine rings is 1. The summed E-state index contributed by atoms with van der Waals surface area (Å²) in [5.74, 6) is -0.864. The van der Waals surface area contributed by atoms with Crippen LogP contribution >= 0.6 is 0 Å². The minimum atomic E-state index is -0.795. The molecule has 162 valence electrons. The first-order valence-electron chi connectivity index (χ1n) is 11.1. The molecule has 31 heavy (non-hydrogen) atoms. The van der Waals surface area contributed by atoms with E-state index in [1.165, 1.54) is 12.1 Å². The van der Waals surface area contributed by atoms with Crippen LogP contribution in [-0.4, -0.2) is 31.4 Å². The summed E-state index contributed by atoms with van der Waals surface area (Å²) in [5.41, 5.74) is 2.97.